The number of rotatable bonds is 7. The van der Waals surface area contributed by atoms with Crippen molar-refractivity contribution in [2.75, 3.05) is 0 Å². The Morgan fingerprint density at radius 1 is 1.04 bits per heavy atom. The van der Waals surface area contributed by atoms with Gasteiger partial charge in [-0.1, -0.05) is 18.2 Å². The van der Waals surface area contributed by atoms with Gasteiger partial charge in [-0.2, -0.15) is 0 Å². The first-order valence-electron chi connectivity index (χ1n) is 7.38. The van der Waals surface area contributed by atoms with Crippen molar-refractivity contribution in [1.29, 1.82) is 0 Å². The Bertz CT molecular complexity index is 862. The molecule has 0 bridgehead atoms. The summed E-state index contributed by atoms with van der Waals surface area (Å²) < 4.78 is 0. The Hall–Kier alpha value is -3.75. The number of nitrogens with one attached hydrogen (secondary N) is 1. The Balaban J connectivity index is 2.13. The lowest BCUT2D eigenvalue weighted by Crippen LogP contribution is -2.42. The van der Waals surface area contributed by atoms with E-state index in [1.54, 1.807) is 0 Å². The molecule has 26 heavy (non-hydrogen) atoms. The van der Waals surface area contributed by atoms with Gasteiger partial charge >= 0.3 is 11.9 Å². The number of carboxylic acid groups (broad SMARTS) is 2. The molecule has 0 unspecified atom stereocenters. The van der Waals surface area contributed by atoms with Gasteiger partial charge in [-0.25, -0.2) is 9.59 Å². The molecule has 3 N–H and O–H groups in total. The molecule has 0 saturated heterocycles. The van der Waals surface area contributed by atoms with E-state index < -0.39 is 28.8 Å². The summed E-state index contributed by atoms with van der Waals surface area (Å²) in [7, 11) is 0. The third-order valence-electron chi connectivity index (χ3n) is 3.56. The Morgan fingerprint density at radius 3 is 2.23 bits per heavy atom. The SMILES string of the molecule is O=C(O)c1ccc(C[C@H](NC(=O)c2cccc([N+](=O)[O-])c2)C(=O)O)cc1. The summed E-state index contributed by atoms with van der Waals surface area (Å²) in [5.41, 5.74) is 0.253. The second-order valence-corrected chi connectivity index (χ2v) is 5.38. The Labute approximate surface area is 147 Å². The van der Waals surface area contributed by atoms with Gasteiger partial charge in [0.25, 0.3) is 11.6 Å². The summed E-state index contributed by atoms with van der Waals surface area (Å²) in [5.74, 6) is -3.15. The minimum atomic E-state index is -1.29. The first kappa shape index (κ1) is 18.6. The topological polar surface area (TPSA) is 147 Å². The van der Waals surface area contributed by atoms with Crippen molar-refractivity contribution < 1.29 is 29.5 Å². The maximum Gasteiger partial charge on any atom is 0.335 e. The Kier molecular flexibility index (Phi) is 5.63. The molecular formula is C17H14N2O7. The number of nitrogens with zero attached hydrogens (tertiary/aromatic N) is 1. The normalized spacial score (nSPS) is 11.4. The van der Waals surface area contributed by atoms with E-state index in [1.807, 2.05) is 0 Å². The fourth-order valence-electron chi connectivity index (χ4n) is 2.22. The minimum absolute atomic E-state index is 0.0355. The smallest absolute Gasteiger partial charge is 0.335 e. The zero-order valence-electron chi connectivity index (χ0n) is 13.3. The van der Waals surface area contributed by atoms with E-state index in [2.05, 4.69) is 5.32 Å². The highest BCUT2D eigenvalue weighted by atomic mass is 16.6. The van der Waals surface area contributed by atoms with Crippen molar-refractivity contribution in [3.8, 4) is 0 Å². The molecule has 2 aromatic rings. The summed E-state index contributed by atoms with van der Waals surface area (Å²) in [6.45, 7) is 0. The van der Waals surface area contributed by atoms with Crippen LogP contribution in [0.15, 0.2) is 48.5 Å². The van der Waals surface area contributed by atoms with Crippen LogP contribution >= 0.6 is 0 Å². The van der Waals surface area contributed by atoms with Crippen LogP contribution in [0.1, 0.15) is 26.3 Å². The Morgan fingerprint density at radius 2 is 1.69 bits per heavy atom. The van der Waals surface area contributed by atoms with E-state index in [0.29, 0.717) is 5.56 Å². The number of hydrogen-bond acceptors (Lipinski definition) is 5. The lowest BCUT2D eigenvalue weighted by atomic mass is 10.0. The molecule has 0 saturated carbocycles. The van der Waals surface area contributed by atoms with E-state index in [1.165, 1.54) is 42.5 Å². The van der Waals surface area contributed by atoms with E-state index >= 15 is 0 Å². The van der Waals surface area contributed by atoms with Crippen molar-refractivity contribution in [3.63, 3.8) is 0 Å². The van der Waals surface area contributed by atoms with Gasteiger partial charge in [0.05, 0.1) is 10.5 Å². The van der Waals surface area contributed by atoms with E-state index in [4.69, 9.17) is 5.11 Å². The number of aromatic carboxylic acids is 1. The van der Waals surface area contributed by atoms with Crippen molar-refractivity contribution >= 4 is 23.5 Å². The van der Waals surface area contributed by atoms with Crippen LogP contribution in [-0.2, 0) is 11.2 Å². The summed E-state index contributed by atoms with van der Waals surface area (Å²) in [4.78, 5) is 44.5. The summed E-state index contributed by atoms with van der Waals surface area (Å²) in [5, 5.41) is 31.2. The van der Waals surface area contributed by atoms with Crippen LogP contribution < -0.4 is 5.32 Å². The van der Waals surface area contributed by atoms with Crippen molar-refractivity contribution in [3.05, 3.63) is 75.3 Å². The summed E-state index contributed by atoms with van der Waals surface area (Å²) in [6, 6.07) is 9.23. The molecule has 9 nitrogen and oxygen atoms in total. The molecule has 1 atom stereocenters. The van der Waals surface area contributed by atoms with Crippen LogP contribution in [0.25, 0.3) is 0 Å². The zero-order chi connectivity index (χ0) is 19.3. The number of aliphatic carboxylic acids is 1. The lowest BCUT2D eigenvalue weighted by molar-refractivity contribution is -0.384. The van der Waals surface area contributed by atoms with Crippen molar-refractivity contribution in [2.24, 2.45) is 0 Å². The van der Waals surface area contributed by atoms with E-state index in [0.717, 1.165) is 6.07 Å². The first-order chi connectivity index (χ1) is 12.3. The zero-order valence-corrected chi connectivity index (χ0v) is 13.3. The molecule has 0 fully saturated rings. The van der Waals surface area contributed by atoms with Gasteiger partial charge < -0.3 is 15.5 Å². The average Bonchev–Trinajstić information content (AvgIpc) is 2.61. The number of amides is 1. The minimum Gasteiger partial charge on any atom is -0.480 e. The molecule has 1 amide bonds. The van der Waals surface area contributed by atoms with Crippen LogP contribution in [0.5, 0.6) is 0 Å². The molecule has 134 valence electrons. The highest BCUT2D eigenvalue weighted by Gasteiger charge is 2.22. The molecule has 0 aromatic heterocycles. The summed E-state index contributed by atoms with van der Waals surface area (Å²) >= 11 is 0. The van der Waals surface area contributed by atoms with Gasteiger partial charge in [0.1, 0.15) is 6.04 Å². The van der Waals surface area contributed by atoms with Crippen LogP contribution in [-0.4, -0.2) is 39.0 Å². The quantitative estimate of drug-likeness (QED) is 0.504. The predicted octanol–water partition coefficient (Wildman–Crippen LogP) is 1.72. The maximum absolute atomic E-state index is 12.2. The number of hydrogen-bond donors (Lipinski definition) is 3. The molecule has 0 aliphatic heterocycles. The van der Waals surface area contributed by atoms with Gasteiger partial charge in [-0.15, -0.1) is 0 Å². The summed E-state index contributed by atoms with van der Waals surface area (Å²) in [6.07, 6.45) is -0.0735. The second-order valence-electron chi connectivity index (χ2n) is 5.38. The second kappa shape index (κ2) is 7.88. The van der Waals surface area contributed by atoms with Crippen LogP contribution in [0.2, 0.25) is 0 Å². The predicted molar refractivity (Wildman–Crippen MR) is 89.1 cm³/mol. The lowest BCUT2D eigenvalue weighted by Gasteiger charge is -2.15. The molecule has 0 spiro atoms. The number of carbonyl (C=O) groups excluding carboxylic acids is 1. The molecule has 0 radical (unpaired) electrons. The third kappa shape index (κ3) is 4.63. The molecule has 2 aromatic carbocycles. The molecular weight excluding hydrogens is 344 g/mol. The molecule has 0 heterocycles. The molecule has 0 aliphatic carbocycles. The average molecular weight is 358 g/mol. The van der Waals surface area contributed by atoms with Gasteiger partial charge in [0.2, 0.25) is 0 Å². The van der Waals surface area contributed by atoms with Crippen LogP contribution in [0.4, 0.5) is 5.69 Å². The number of nitro benzene ring substituents is 1. The van der Waals surface area contributed by atoms with Gasteiger partial charge in [0.15, 0.2) is 0 Å². The largest absolute Gasteiger partial charge is 0.480 e. The maximum atomic E-state index is 12.2. The number of non-ortho nitro benzene ring substituents is 1. The number of carbonyl (C=O) groups is 3. The van der Waals surface area contributed by atoms with Crippen molar-refractivity contribution in [2.45, 2.75) is 12.5 Å². The van der Waals surface area contributed by atoms with Crippen LogP contribution in [0, 0.1) is 10.1 Å². The standard InChI is InChI=1S/C17H14N2O7/c20-15(12-2-1-3-13(9-12)19(25)26)18-14(17(23)24)8-10-4-6-11(7-5-10)16(21)22/h1-7,9,14H,8H2,(H,18,20)(H,21,22)(H,23,24)/t14-/m0/s1. The highest BCUT2D eigenvalue weighted by molar-refractivity contribution is 5.97. The monoisotopic (exact) mass is 358 g/mol. The first-order valence-corrected chi connectivity index (χ1v) is 7.38. The molecule has 9 heteroatoms. The number of benzene rings is 2. The molecule has 0 aliphatic rings. The van der Waals surface area contributed by atoms with E-state index in [-0.39, 0.29) is 23.2 Å². The van der Waals surface area contributed by atoms with Gasteiger partial charge in [-0.05, 0) is 23.8 Å². The van der Waals surface area contributed by atoms with E-state index in [9.17, 15) is 29.6 Å². The molecule has 2 rings (SSSR count). The highest BCUT2D eigenvalue weighted by Crippen LogP contribution is 2.14. The fraction of sp³-hybridized carbons (Fsp3) is 0.118. The third-order valence-corrected chi connectivity index (χ3v) is 3.56. The number of carboxylic acids is 2. The van der Waals surface area contributed by atoms with Gasteiger partial charge in [0, 0.05) is 24.1 Å². The van der Waals surface area contributed by atoms with Gasteiger partial charge in [-0.3, -0.25) is 14.9 Å². The van der Waals surface area contributed by atoms with Crippen LogP contribution in [0.3, 0.4) is 0 Å². The van der Waals surface area contributed by atoms with Crippen molar-refractivity contribution in [1.82, 2.24) is 5.32 Å². The number of nitro groups is 1. The fourth-order valence-corrected chi connectivity index (χ4v) is 2.22.